The maximum atomic E-state index is 13.6. The van der Waals surface area contributed by atoms with Crippen LogP contribution in [0.3, 0.4) is 0 Å². The first-order valence-electron chi connectivity index (χ1n) is 8.72. The third-order valence-corrected chi connectivity index (χ3v) is 4.72. The lowest BCUT2D eigenvalue weighted by Crippen LogP contribution is -2.22. The molecule has 2 aromatic carbocycles. The molecular weight excluding hydrogens is 345 g/mol. The van der Waals surface area contributed by atoms with Crippen LogP contribution in [0.4, 0.5) is 10.3 Å². The van der Waals surface area contributed by atoms with Crippen LogP contribution in [0.15, 0.2) is 48.5 Å². The lowest BCUT2D eigenvalue weighted by Gasteiger charge is -2.14. The van der Waals surface area contributed by atoms with Crippen LogP contribution in [0.25, 0.3) is 22.1 Å². The fraction of sp³-hybridized carbons (Fsp3) is 0.200. The maximum Gasteiger partial charge on any atom is 0.251 e. The van der Waals surface area contributed by atoms with E-state index in [4.69, 9.17) is 0 Å². The van der Waals surface area contributed by atoms with E-state index in [0.717, 1.165) is 11.1 Å². The first-order valence-corrected chi connectivity index (χ1v) is 8.72. The Hall–Kier alpha value is -3.35. The van der Waals surface area contributed by atoms with Gasteiger partial charge in [-0.15, -0.1) is 10.2 Å². The Labute approximate surface area is 155 Å². The Balaban J connectivity index is 1.69. The number of carbonyl (C=O) groups excluding carboxylic acids is 1. The molecule has 6 nitrogen and oxygen atoms in total. The Morgan fingerprint density at radius 1 is 1.19 bits per heavy atom. The molecule has 1 amide bonds. The number of nitrogens with zero attached hydrogens (tertiary/aromatic N) is 4. The maximum absolute atomic E-state index is 13.6. The highest BCUT2D eigenvalue weighted by Crippen LogP contribution is 2.26. The van der Waals surface area contributed by atoms with E-state index in [1.807, 2.05) is 48.9 Å². The van der Waals surface area contributed by atoms with Gasteiger partial charge in [-0.1, -0.05) is 37.3 Å². The molecule has 2 aromatic heterocycles. The summed E-state index contributed by atoms with van der Waals surface area (Å²) in [7, 11) is 1.82. The molecule has 0 radical (unpaired) electrons. The molecule has 136 valence electrons. The van der Waals surface area contributed by atoms with Gasteiger partial charge in [0, 0.05) is 12.4 Å². The number of benzene rings is 2. The standard InChI is InChI=1S/C20H18FN5O/c1-3-14(12-7-5-4-6-8-12)19(27)23-20-22-18-17(24-25-20)15-11-13(21)9-10-16(15)26(18)2/h4-11,14H,3H2,1-2H3,(H,22,23,25,27). The fourth-order valence-corrected chi connectivity index (χ4v) is 3.34. The van der Waals surface area contributed by atoms with E-state index in [-0.39, 0.29) is 23.6 Å². The van der Waals surface area contributed by atoms with Crippen molar-refractivity contribution in [2.75, 3.05) is 5.32 Å². The minimum Gasteiger partial charge on any atom is -0.327 e. The van der Waals surface area contributed by atoms with Gasteiger partial charge in [0.1, 0.15) is 11.3 Å². The van der Waals surface area contributed by atoms with Gasteiger partial charge < -0.3 is 4.57 Å². The predicted molar refractivity (Wildman–Crippen MR) is 102 cm³/mol. The molecule has 0 saturated carbocycles. The summed E-state index contributed by atoms with van der Waals surface area (Å²) in [5.74, 6) is -0.696. The molecule has 0 fully saturated rings. The van der Waals surface area contributed by atoms with E-state index in [9.17, 15) is 9.18 Å². The van der Waals surface area contributed by atoms with Crippen LogP contribution in [0, 0.1) is 5.82 Å². The summed E-state index contributed by atoms with van der Waals surface area (Å²) in [6.07, 6.45) is 0.652. The lowest BCUT2D eigenvalue weighted by atomic mass is 9.96. The van der Waals surface area contributed by atoms with Crippen molar-refractivity contribution in [3.63, 3.8) is 0 Å². The van der Waals surface area contributed by atoms with Crippen molar-refractivity contribution >= 4 is 33.9 Å². The molecule has 7 heteroatoms. The summed E-state index contributed by atoms with van der Waals surface area (Å²) in [5.41, 5.74) is 2.77. The normalized spacial score (nSPS) is 12.4. The average molecular weight is 363 g/mol. The lowest BCUT2D eigenvalue weighted by molar-refractivity contribution is -0.117. The zero-order chi connectivity index (χ0) is 19.0. The molecule has 0 spiro atoms. The molecule has 27 heavy (non-hydrogen) atoms. The van der Waals surface area contributed by atoms with Gasteiger partial charge in [0.2, 0.25) is 5.91 Å². The highest BCUT2D eigenvalue weighted by molar-refractivity contribution is 6.04. The molecule has 0 aliphatic heterocycles. The van der Waals surface area contributed by atoms with Crippen molar-refractivity contribution in [2.24, 2.45) is 7.05 Å². The van der Waals surface area contributed by atoms with Crippen molar-refractivity contribution in [1.82, 2.24) is 19.7 Å². The van der Waals surface area contributed by atoms with E-state index in [1.165, 1.54) is 12.1 Å². The van der Waals surface area contributed by atoms with E-state index in [0.29, 0.717) is 23.0 Å². The second kappa shape index (κ2) is 6.75. The number of fused-ring (bicyclic) bond motifs is 3. The van der Waals surface area contributed by atoms with Crippen LogP contribution < -0.4 is 5.32 Å². The Morgan fingerprint density at radius 3 is 2.70 bits per heavy atom. The number of amides is 1. The molecule has 1 atom stereocenters. The van der Waals surface area contributed by atoms with Crippen LogP contribution in [0.5, 0.6) is 0 Å². The molecule has 0 aliphatic carbocycles. The van der Waals surface area contributed by atoms with Gasteiger partial charge >= 0.3 is 0 Å². The number of rotatable bonds is 4. The van der Waals surface area contributed by atoms with Gasteiger partial charge in [0.25, 0.3) is 5.95 Å². The number of hydrogen-bond donors (Lipinski definition) is 1. The zero-order valence-corrected chi connectivity index (χ0v) is 15.0. The SMILES string of the molecule is CCC(C(=O)Nc1nnc2c3cc(F)ccc3n(C)c2n1)c1ccccc1. The number of aryl methyl sites for hydroxylation is 1. The predicted octanol–water partition coefficient (Wildman–Crippen LogP) is 3.79. The second-order valence-electron chi connectivity index (χ2n) is 6.39. The largest absolute Gasteiger partial charge is 0.327 e. The molecule has 2 heterocycles. The first kappa shape index (κ1) is 17.1. The van der Waals surface area contributed by atoms with Crippen LogP contribution in [-0.4, -0.2) is 25.7 Å². The third-order valence-electron chi connectivity index (χ3n) is 4.72. The summed E-state index contributed by atoms with van der Waals surface area (Å²) in [6, 6.07) is 14.1. The molecule has 1 unspecified atom stereocenters. The third kappa shape index (κ3) is 3.01. The Kier molecular flexibility index (Phi) is 4.27. The van der Waals surface area contributed by atoms with Gasteiger partial charge in [-0.2, -0.15) is 4.98 Å². The minimum absolute atomic E-state index is 0.133. The van der Waals surface area contributed by atoms with Gasteiger partial charge in [-0.05, 0) is 30.2 Å². The first-order chi connectivity index (χ1) is 13.1. The van der Waals surface area contributed by atoms with Gasteiger partial charge in [0.05, 0.1) is 11.4 Å². The van der Waals surface area contributed by atoms with E-state index in [1.54, 1.807) is 6.07 Å². The van der Waals surface area contributed by atoms with Crippen LogP contribution >= 0.6 is 0 Å². The second-order valence-corrected chi connectivity index (χ2v) is 6.39. The quantitative estimate of drug-likeness (QED) is 0.599. The minimum atomic E-state index is -0.345. The van der Waals surface area contributed by atoms with Crippen molar-refractivity contribution < 1.29 is 9.18 Å². The monoisotopic (exact) mass is 363 g/mol. The highest BCUT2D eigenvalue weighted by Gasteiger charge is 2.20. The van der Waals surface area contributed by atoms with Crippen LogP contribution in [0.1, 0.15) is 24.8 Å². The molecular formula is C20H18FN5O. The van der Waals surface area contributed by atoms with Crippen molar-refractivity contribution in [2.45, 2.75) is 19.3 Å². The summed E-state index contributed by atoms with van der Waals surface area (Å²) < 4.78 is 15.4. The summed E-state index contributed by atoms with van der Waals surface area (Å²) in [4.78, 5) is 17.1. The number of nitrogens with one attached hydrogen (secondary N) is 1. The molecule has 4 aromatic rings. The molecule has 0 bridgehead atoms. The summed E-state index contributed by atoms with van der Waals surface area (Å²) in [5, 5.41) is 11.6. The zero-order valence-electron chi connectivity index (χ0n) is 15.0. The van der Waals surface area contributed by atoms with Crippen molar-refractivity contribution in [3.05, 3.63) is 59.9 Å². The number of aromatic nitrogens is 4. The molecule has 1 N–H and O–H groups in total. The van der Waals surface area contributed by atoms with Gasteiger partial charge in [0.15, 0.2) is 5.65 Å². The van der Waals surface area contributed by atoms with Gasteiger partial charge in [-0.3, -0.25) is 10.1 Å². The molecule has 4 rings (SSSR count). The highest BCUT2D eigenvalue weighted by atomic mass is 19.1. The van der Waals surface area contributed by atoms with Crippen molar-refractivity contribution in [3.8, 4) is 0 Å². The topological polar surface area (TPSA) is 72.7 Å². The molecule has 0 saturated heterocycles. The van der Waals surface area contributed by atoms with Crippen LogP contribution in [0.2, 0.25) is 0 Å². The van der Waals surface area contributed by atoms with Crippen molar-refractivity contribution in [1.29, 1.82) is 0 Å². The number of carbonyl (C=O) groups is 1. The Bertz CT molecular complexity index is 1140. The number of anilines is 1. The number of hydrogen-bond acceptors (Lipinski definition) is 4. The van der Waals surface area contributed by atoms with E-state index >= 15 is 0 Å². The fourth-order valence-electron chi connectivity index (χ4n) is 3.34. The summed E-state index contributed by atoms with van der Waals surface area (Å²) in [6.45, 7) is 1.96. The Morgan fingerprint density at radius 2 is 1.96 bits per heavy atom. The van der Waals surface area contributed by atoms with Gasteiger partial charge in [-0.25, -0.2) is 4.39 Å². The van der Waals surface area contributed by atoms with E-state index < -0.39 is 0 Å². The van der Waals surface area contributed by atoms with E-state index in [2.05, 4.69) is 20.5 Å². The average Bonchev–Trinajstić information content (AvgIpc) is 2.94. The summed E-state index contributed by atoms with van der Waals surface area (Å²) >= 11 is 0. The smallest absolute Gasteiger partial charge is 0.251 e. The molecule has 0 aliphatic rings. The number of halogens is 1. The van der Waals surface area contributed by atoms with Crippen LogP contribution in [-0.2, 0) is 11.8 Å².